The molecule has 0 radical (unpaired) electrons. The van der Waals surface area contributed by atoms with Crippen molar-refractivity contribution in [2.24, 2.45) is 0 Å². The maximum absolute atomic E-state index is 2.32. The number of nitrogens with zero attached hydrogens (tertiary/aromatic N) is 6. The van der Waals surface area contributed by atoms with Crippen LogP contribution in [-0.2, 0) is 0 Å². The molecule has 21 aromatic carbocycles. The molecule has 0 bridgehead atoms. The van der Waals surface area contributed by atoms with Crippen LogP contribution in [0.5, 0.6) is 0 Å². The highest BCUT2D eigenvalue weighted by Crippen LogP contribution is 2.43. The number of rotatable bonds is 19. The van der Waals surface area contributed by atoms with Gasteiger partial charge in [-0.05, 0) is 269 Å². The van der Waals surface area contributed by atoms with Crippen molar-refractivity contribution in [3.05, 3.63) is 504 Å². The minimum atomic E-state index is 1.13. The number of anilines is 15. The van der Waals surface area contributed by atoms with Gasteiger partial charge in [-0.2, -0.15) is 0 Å². The summed E-state index contributed by atoms with van der Waals surface area (Å²) in [4.78, 5) is 13.7. The second kappa shape index (κ2) is 36.3. The van der Waals surface area contributed by atoms with Gasteiger partial charge in [-0.3, -0.25) is 0 Å². The first kappa shape index (κ1) is 78.6. The van der Waals surface area contributed by atoms with Gasteiger partial charge in [0.2, 0.25) is 0 Å². The summed E-state index contributed by atoms with van der Waals surface area (Å²) in [5, 5.41) is 12.4. The van der Waals surface area contributed by atoms with Crippen LogP contribution in [0.3, 0.4) is 0 Å². The van der Waals surface area contributed by atoms with E-state index in [0.717, 1.165) is 73.9 Å². The van der Waals surface area contributed by atoms with Crippen molar-refractivity contribution in [2.45, 2.75) is 0 Å². The van der Waals surface area contributed by atoms with Gasteiger partial charge in [0.15, 0.2) is 0 Å². The van der Waals surface area contributed by atoms with Gasteiger partial charge < -0.3 is 29.4 Å². The van der Waals surface area contributed by atoms with Gasteiger partial charge in [0.25, 0.3) is 0 Å². The van der Waals surface area contributed by atoms with Crippen LogP contribution in [0.2, 0.25) is 0 Å². The second-order valence-corrected chi connectivity index (χ2v) is 31.5. The first-order chi connectivity index (χ1) is 61.7. The van der Waals surface area contributed by atoms with Gasteiger partial charge in [0.1, 0.15) is 0 Å². The largest absolute Gasteiger partial charge is 0.345 e. The Hall–Kier alpha value is -16.3. The third kappa shape index (κ3) is 17.4. The van der Waals surface area contributed by atoms with Crippen LogP contribution in [0, 0.1) is 0 Å². The number of hydrogen-bond donors (Lipinski definition) is 0. The van der Waals surface area contributed by atoms with Crippen LogP contribution in [-0.4, -0.2) is 21.1 Å². The average Bonchev–Trinajstić information content (AvgIpc) is 0.795. The molecule has 0 amide bonds. The zero-order valence-electron chi connectivity index (χ0n) is 70.1. The minimum absolute atomic E-state index is 1.13. The van der Waals surface area contributed by atoms with E-state index < -0.39 is 0 Å². The number of hydrogen-bond acceptors (Lipinski definition) is 6. The first-order valence-electron chi connectivity index (χ1n) is 42.7. The van der Waals surface area contributed by atoms with Crippen LogP contribution in [0.4, 0.5) is 85.3 Å². The first-order valence-corrected chi connectivity index (χ1v) is 42.7. The van der Waals surface area contributed by atoms with Crippen molar-refractivity contribution in [1.29, 1.82) is 0 Å². The van der Waals surface area contributed by atoms with Gasteiger partial charge in [0, 0.05) is 112 Å². The maximum atomic E-state index is 2.32. The van der Waals surface area contributed by atoms with Crippen LogP contribution in [0.1, 0.15) is 0 Å². The predicted octanol–water partition coefficient (Wildman–Crippen LogP) is 33.2. The molecule has 0 aromatic heterocycles. The standard InChI is InChI=1S/C41H32N2.2C39H30N2/c1-42(37-23-16-33(17-24-37)31-10-4-2-5-11-31)38-25-18-34(19-26-38)35-20-27-40(28-21-35)43(39-14-6-3-7-15-39)41-29-22-32-12-8-9-13-36(32)30-41;1-40(38-25-19-29-9-5-7-11-33(29)27-38)35-21-15-31(16-22-35)32-17-23-37(24-18-32)41(36-13-3-2-4-14-36)39-26-20-30-10-6-8-12-34(30)28-39;1-40(39-17-9-13-32-11-7-8-16-38(32)39)34-23-18-30(19-24-34)31-20-25-36(26-21-31)41(35-14-3-2-4-15-35)37-27-22-29-10-5-6-12-33(29)28-37/h2-30H,1H3;2*2-28H,1H3. The van der Waals surface area contributed by atoms with Gasteiger partial charge in [-0.25, -0.2) is 0 Å². The summed E-state index contributed by atoms with van der Waals surface area (Å²) in [6.45, 7) is 0. The Morgan fingerprint density at radius 1 is 0.120 bits per heavy atom. The van der Waals surface area contributed by atoms with Crippen LogP contribution >= 0.6 is 0 Å². The van der Waals surface area contributed by atoms with Crippen LogP contribution in [0.15, 0.2) is 504 Å². The molecule has 0 fully saturated rings. The number of fused-ring (bicyclic) bond motifs is 5. The van der Waals surface area contributed by atoms with Crippen molar-refractivity contribution >= 4 is 139 Å². The molecule has 6 heteroatoms. The molecule has 125 heavy (non-hydrogen) atoms. The molecule has 0 saturated heterocycles. The van der Waals surface area contributed by atoms with Crippen molar-refractivity contribution in [3.8, 4) is 44.5 Å². The van der Waals surface area contributed by atoms with Crippen molar-refractivity contribution in [1.82, 2.24) is 0 Å². The van der Waals surface area contributed by atoms with Gasteiger partial charge in [-0.1, -0.05) is 328 Å². The predicted molar refractivity (Wildman–Crippen MR) is 536 cm³/mol. The van der Waals surface area contributed by atoms with E-state index in [4.69, 9.17) is 0 Å². The number of para-hydroxylation sites is 3. The second-order valence-electron chi connectivity index (χ2n) is 31.5. The Labute approximate surface area is 732 Å². The zero-order valence-corrected chi connectivity index (χ0v) is 70.1. The van der Waals surface area contributed by atoms with Gasteiger partial charge >= 0.3 is 0 Å². The van der Waals surface area contributed by atoms with E-state index >= 15 is 0 Å². The van der Waals surface area contributed by atoms with E-state index in [1.807, 2.05) is 0 Å². The van der Waals surface area contributed by atoms with Crippen molar-refractivity contribution in [3.63, 3.8) is 0 Å². The molecule has 0 atom stereocenters. The minimum Gasteiger partial charge on any atom is -0.345 e. The van der Waals surface area contributed by atoms with Crippen molar-refractivity contribution < 1.29 is 0 Å². The fourth-order valence-corrected chi connectivity index (χ4v) is 16.9. The van der Waals surface area contributed by atoms with Crippen LogP contribution in [0.25, 0.3) is 98.4 Å². The van der Waals surface area contributed by atoms with E-state index in [9.17, 15) is 0 Å². The number of benzene rings is 21. The third-order valence-electron chi connectivity index (χ3n) is 23.8. The SMILES string of the molecule is CN(c1ccc(-c2ccc(N(c3ccccc3)c3ccc4ccccc4c3)cc2)cc1)c1ccc2ccccc2c1.CN(c1ccc(-c2ccc(N(c3ccccc3)c3ccc4ccccc4c3)cc2)cc1)c1cccc2ccccc12.CN(c1ccc(-c2ccccc2)cc1)c1ccc(-c2ccc(N(c3ccccc3)c3ccc4ccccc4c3)cc2)cc1. The fourth-order valence-electron chi connectivity index (χ4n) is 16.9. The van der Waals surface area contributed by atoms with E-state index in [2.05, 4.69) is 554 Å². The molecule has 21 rings (SSSR count). The molecule has 0 unspecified atom stereocenters. The Bertz CT molecular complexity index is 7210. The summed E-state index contributed by atoms with van der Waals surface area (Å²) in [5.41, 5.74) is 26.9. The van der Waals surface area contributed by atoms with E-state index in [1.54, 1.807) is 0 Å². The average molecular weight is 1610 g/mol. The molecular weight excluding hydrogens is 1510 g/mol. The molecule has 598 valence electrons. The van der Waals surface area contributed by atoms with E-state index in [-0.39, 0.29) is 0 Å². The quantitative estimate of drug-likeness (QED) is 0.0798. The van der Waals surface area contributed by atoms with Gasteiger partial charge in [-0.15, -0.1) is 0 Å². The molecule has 0 saturated carbocycles. The molecule has 0 aliphatic carbocycles. The Morgan fingerprint density at radius 2 is 0.320 bits per heavy atom. The molecule has 0 aliphatic heterocycles. The fraction of sp³-hybridized carbons (Fsp3) is 0.0252. The normalized spacial score (nSPS) is 11.0. The summed E-state index contributed by atoms with van der Waals surface area (Å²) in [6, 6.07) is 180. The molecule has 0 aliphatic rings. The monoisotopic (exact) mass is 1600 g/mol. The maximum Gasteiger partial charge on any atom is 0.0487 e. The summed E-state index contributed by atoms with van der Waals surface area (Å²) >= 11 is 0. The Kier molecular flexibility index (Phi) is 22.8. The molecule has 0 heterocycles. The Morgan fingerprint density at radius 3 is 0.632 bits per heavy atom. The topological polar surface area (TPSA) is 19.4 Å². The highest BCUT2D eigenvalue weighted by Gasteiger charge is 2.19. The highest BCUT2D eigenvalue weighted by atomic mass is 15.2. The zero-order chi connectivity index (χ0) is 84.2. The molecule has 0 N–H and O–H groups in total. The lowest BCUT2D eigenvalue weighted by Gasteiger charge is -2.26. The lowest BCUT2D eigenvalue weighted by Crippen LogP contribution is -2.10. The summed E-state index contributed by atoms with van der Waals surface area (Å²) in [6.07, 6.45) is 0. The summed E-state index contributed by atoms with van der Waals surface area (Å²) in [5.74, 6) is 0. The summed E-state index contributed by atoms with van der Waals surface area (Å²) in [7, 11) is 6.38. The third-order valence-corrected chi connectivity index (χ3v) is 23.8. The van der Waals surface area contributed by atoms with E-state index in [0.29, 0.717) is 0 Å². The smallest absolute Gasteiger partial charge is 0.0487 e. The summed E-state index contributed by atoms with van der Waals surface area (Å²) < 4.78 is 0. The molecule has 0 spiro atoms. The van der Waals surface area contributed by atoms with E-state index in [1.165, 1.54) is 110 Å². The van der Waals surface area contributed by atoms with Crippen LogP contribution < -0.4 is 29.4 Å². The highest BCUT2D eigenvalue weighted by molar-refractivity contribution is 5.98. The van der Waals surface area contributed by atoms with Gasteiger partial charge in [0.05, 0.1) is 0 Å². The molecule has 21 aromatic rings. The Balaban J connectivity index is 0.000000123. The lowest BCUT2D eigenvalue weighted by molar-refractivity contribution is 1.21. The molecule has 6 nitrogen and oxygen atoms in total. The lowest BCUT2D eigenvalue weighted by atomic mass is 10.0. The van der Waals surface area contributed by atoms with Crippen molar-refractivity contribution in [2.75, 3.05) is 50.5 Å². The molecular formula is C119H92N6.